The molecule has 5 heteroatoms. The molecule has 0 saturated heterocycles. The number of carboxylic acid groups (broad SMARTS) is 1. The molecule has 0 bridgehead atoms. The number of β-amino-alcohol motifs (C(OH)–C–C–N with tert-alkyl or cyclic N) is 1. The molecule has 0 fully saturated rings. The molecule has 0 spiro atoms. The number of aliphatic hydroxyl groups is 1. The lowest BCUT2D eigenvalue weighted by molar-refractivity contribution is -0.136. The predicted molar refractivity (Wildman–Crippen MR) is 118 cm³/mol. The van der Waals surface area contributed by atoms with Gasteiger partial charge in [-0.05, 0) is 74.3 Å². The SMILES string of the molecule is CC(C)(CC1Cc2ccccc2C1)NCC(O)COc1ccc(CCC(=O)O)cc1. The van der Waals surface area contributed by atoms with Gasteiger partial charge >= 0.3 is 5.97 Å². The van der Waals surface area contributed by atoms with Crippen molar-refractivity contribution in [3.63, 3.8) is 0 Å². The molecule has 1 aliphatic rings. The molecular weight excluding hydrogens is 378 g/mol. The molecular formula is C25H33NO4. The lowest BCUT2D eigenvalue weighted by atomic mass is 9.88. The van der Waals surface area contributed by atoms with E-state index >= 15 is 0 Å². The van der Waals surface area contributed by atoms with E-state index in [1.54, 1.807) is 0 Å². The summed E-state index contributed by atoms with van der Waals surface area (Å²) in [5.41, 5.74) is 3.85. The second kappa shape index (κ2) is 10.1. The van der Waals surface area contributed by atoms with E-state index in [4.69, 9.17) is 9.84 Å². The van der Waals surface area contributed by atoms with E-state index in [-0.39, 0.29) is 18.6 Å². The van der Waals surface area contributed by atoms with Gasteiger partial charge in [0.05, 0.1) is 0 Å². The van der Waals surface area contributed by atoms with Crippen LogP contribution in [0.25, 0.3) is 0 Å². The quantitative estimate of drug-likeness (QED) is 0.526. The number of hydrogen-bond donors (Lipinski definition) is 3. The number of aliphatic carboxylic acids is 1. The highest BCUT2D eigenvalue weighted by molar-refractivity contribution is 5.67. The summed E-state index contributed by atoms with van der Waals surface area (Å²) >= 11 is 0. The maximum absolute atomic E-state index is 10.6. The molecule has 5 nitrogen and oxygen atoms in total. The molecule has 30 heavy (non-hydrogen) atoms. The van der Waals surface area contributed by atoms with Gasteiger partial charge in [0.2, 0.25) is 0 Å². The molecule has 0 heterocycles. The number of aryl methyl sites for hydroxylation is 1. The fourth-order valence-corrected chi connectivity index (χ4v) is 4.24. The van der Waals surface area contributed by atoms with Crippen molar-refractivity contribution in [3.05, 3.63) is 65.2 Å². The first-order chi connectivity index (χ1) is 14.3. The molecule has 3 N–H and O–H groups in total. The normalized spacial score (nSPS) is 15.0. The summed E-state index contributed by atoms with van der Waals surface area (Å²) in [4.78, 5) is 10.6. The Hall–Kier alpha value is -2.37. The van der Waals surface area contributed by atoms with Gasteiger partial charge in [0.15, 0.2) is 0 Å². The molecule has 0 aliphatic heterocycles. The number of benzene rings is 2. The number of rotatable bonds is 11. The maximum atomic E-state index is 10.6. The van der Waals surface area contributed by atoms with Crippen LogP contribution < -0.4 is 10.1 Å². The van der Waals surface area contributed by atoms with Gasteiger partial charge in [-0.25, -0.2) is 0 Å². The summed E-state index contributed by atoms with van der Waals surface area (Å²) < 4.78 is 5.68. The molecule has 2 aromatic carbocycles. The standard InChI is InChI=1S/C25H33NO4/c1-25(2,15-19-13-20-5-3-4-6-21(20)14-19)26-16-22(27)17-30-23-10-7-18(8-11-23)9-12-24(28)29/h3-8,10-11,19,22,26-27H,9,12-17H2,1-2H3,(H,28,29). The fourth-order valence-electron chi connectivity index (χ4n) is 4.24. The Morgan fingerprint density at radius 3 is 2.37 bits per heavy atom. The Labute approximate surface area is 179 Å². The zero-order valence-electron chi connectivity index (χ0n) is 17.9. The van der Waals surface area contributed by atoms with Crippen molar-refractivity contribution in [2.24, 2.45) is 5.92 Å². The van der Waals surface area contributed by atoms with E-state index in [0.717, 1.165) is 24.8 Å². The van der Waals surface area contributed by atoms with Crippen LogP contribution in [0.3, 0.4) is 0 Å². The van der Waals surface area contributed by atoms with Gasteiger partial charge in [-0.2, -0.15) is 0 Å². The lowest BCUT2D eigenvalue weighted by Gasteiger charge is -2.30. The van der Waals surface area contributed by atoms with Crippen LogP contribution in [0.4, 0.5) is 0 Å². The smallest absolute Gasteiger partial charge is 0.303 e. The molecule has 1 unspecified atom stereocenters. The van der Waals surface area contributed by atoms with Crippen LogP contribution in [0.2, 0.25) is 0 Å². The topological polar surface area (TPSA) is 78.8 Å². The lowest BCUT2D eigenvalue weighted by Crippen LogP contribution is -2.46. The summed E-state index contributed by atoms with van der Waals surface area (Å²) in [5.74, 6) is 0.514. The molecule has 2 aromatic rings. The third-order valence-electron chi connectivity index (χ3n) is 5.74. The maximum Gasteiger partial charge on any atom is 0.303 e. The fraction of sp³-hybridized carbons (Fsp3) is 0.480. The molecule has 0 aromatic heterocycles. The summed E-state index contributed by atoms with van der Waals surface area (Å²) in [6.45, 7) is 5.08. The summed E-state index contributed by atoms with van der Waals surface area (Å²) in [7, 11) is 0. The minimum Gasteiger partial charge on any atom is -0.491 e. The minimum absolute atomic E-state index is 0.0561. The predicted octanol–water partition coefficient (Wildman–Crippen LogP) is 3.62. The second-order valence-corrected chi connectivity index (χ2v) is 9.01. The molecule has 0 amide bonds. The first-order valence-electron chi connectivity index (χ1n) is 10.7. The first kappa shape index (κ1) is 22.3. The van der Waals surface area contributed by atoms with Crippen molar-refractivity contribution in [1.82, 2.24) is 5.32 Å². The van der Waals surface area contributed by atoms with E-state index in [9.17, 15) is 9.90 Å². The van der Waals surface area contributed by atoms with Crippen molar-refractivity contribution in [3.8, 4) is 5.75 Å². The number of carboxylic acids is 1. The highest BCUT2D eigenvalue weighted by atomic mass is 16.5. The van der Waals surface area contributed by atoms with Crippen LogP contribution >= 0.6 is 0 Å². The van der Waals surface area contributed by atoms with Crippen molar-refractivity contribution >= 4 is 5.97 Å². The first-order valence-corrected chi connectivity index (χ1v) is 10.7. The zero-order valence-corrected chi connectivity index (χ0v) is 17.9. The Balaban J connectivity index is 1.37. The van der Waals surface area contributed by atoms with Crippen LogP contribution in [0.5, 0.6) is 5.75 Å². The van der Waals surface area contributed by atoms with E-state index in [0.29, 0.717) is 24.6 Å². The highest BCUT2D eigenvalue weighted by Crippen LogP contribution is 2.31. The third kappa shape index (κ3) is 6.85. The molecule has 1 aliphatic carbocycles. The number of ether oxygens (including phenoxy) is 1. The van der Waals surface area contributed by atoms with Gasteiger partial charge in [-0.3, -0.25) is 4.79 Å². The molecule has 0 saturated carbocycles. The molecule has 1 atom stereocenters. The summed E-state index contributed by atoms with van der Waals surface area (Å²) in [5, 5.41) is 22.6. The van der Waals surface area contributed by atoms with Gasteiger partial charge in [-0.15, -0.1) is 0 Å². The molecule has 3 rings (SSSR count). The van der Waals surface area contributed by atoms with Crippen molar-refractivity contribution in [2.45, 2.75) is 57.6 Å². The summed E-state index contributed by atoms with van der Waals surface area (Å²) in [6, 6.07) is 16.1. The van der Waals surface area contributed by atoms with Crippen LogP contribution in [0.1, 0.15) is 43.4 Å². The number of aliphatic hydroxyl groups excluding tert-OH is 1. The average molecular weight is 412 g/mol. The molecule has 162 valence electrons. The monoisotopic (exact) mass is 411 g/mol. The highest BCUT2D eigenvalue weighted by Gasteiger charge is 2.28. The van der Waals surface area contributed by atoms with Crippen LogP contribution in [0.15, 0.2) is 48.5 Å². The third-order valence-corrected chi connectivity index (χ3v) is 5.74. The minimum atomic E-state index is -0.800. The van der Waals surface area contributed by atoms with Crippen molar-refractivity contribution < 1.29 is 19.7 Å². The van der Waals surface area contributed by atoms with Crippen molar-refractivity contribution in [1.29, 1.82) is 0 Å². The van der Waals surface area contributed by atoms with Gasteiger partial charge in [0, 0.05) is 18.5 Å². The Bertz CT molecular complexity index is 806. The Morgan fingerprint density at radius 1 is 1.13 bits per heavy atom. The van der Waals surface area contributed by atoms with E-state index < -0.39 is 12.1 Å². The Kier molecular flexibility index (Phi) is 7.51. The number of fused-ring (bicyclic) bond motifs is 1. The number of carbonyl (C=O) groups is 1. The van der Waals surface area contributed by atoms with E-state index in [1.165, 1.54) is 11.1 Å². The summed E-state index contributed by atoms with van der Waals surface area (Å²) in [6.07, 6.45) is 3.35. The van der Waals surface area contributed by atoms with Gasteiger partial charge in [0.25, 0.3) is 0 Å². The van der Waals surface area contributed by atoms with E-state index in [2.05, 4.69) is 43.4 Å². The van der Waals surface area contributed by atoms with Crippen LogP contribution in [0, 0.1) is 5.92 Å². The number of nitrogens with one attached hydrogen (secondary N) is 1. The second-order valence-electron chi connectivity index (χ2n) is 9.01. The largest absolute Gasteiger partial charge is 0.491 e. The van der Waals surface area contributed by atoms with Crippen LogP contribution in [-0.4, -0.2) is 41.0 Å². The molecule has 0 radical (unpaired) electrons. The number of hydrogen-bond acceptors (Lipinski definition) is 4. The van der Waals surface area contributed by atoms with Gasteiger partial charge in [0.1, 0.15) is 18.5 Å². The zero-order chi connectivity index (χ0) is 21.6. The van der Waals surface area contributed by atoms with E-state index in [1.807, 2.05) is 24.3 Å². The van der Waals surface area contributed by atoms with Crippen molar-refractivity contribution in [2.75, 3.05) is 13.2 Å². The van der Waals surface area contributed by atoms with Gasteiger partial charge < -0.3 is 20.3 Å². The average Bonchev–Trinajstić information content (AvgIpc) is 3.11. The Morgan fingerprint density at radius 2 is 1.77 bits per heavy atom. The van der Waals surface area contributed by atoms with Crippen LogP contribution in [-0.2, 0) is 24.1 Å². The van der Waals surface area contributed by atoms with Gasteiger partial charge in [-0.1, -0.05) is 36.4 Å².